The number of ether oxygens (including phenoxy) is 1. The zero-order valence-corrected chi connectivity index (χ0v) is 12.7. The summed E-state index contributed by atoms with van der Waals surface area (Å²) >= 11 is 0. The number of hydrogen-bond donors (Lipinski definition) is 2. The van der Waals surface area contributed by atoms with Crippen LogP contribution in [0.2, 0.25) is 0 Å². The Balaban J connectivity index is 1.94. The highest BCUT2D eigenvalue weighted by molar-refractivity contribution is 5.78. The zero-order chi connectivity index (χ0) is 15.7. The predicted molar refractivity (Wildman–Crippen MR) is 78.9 cm³/mol. The van der Waals surface area contributed by atoms with E-state index in [9.17, 15) is 14.7 Å². The normalized spacial score (nSPS) is 20.6. The number of rotatable bonds is 4. The van der Waals surface area contributed by atoms with Crippen molar-refractivity contribution in [2.45, 2.75) is 50.5 Å². The van der Waals surface area contributed by atoms with Crippen LogP contribution in [0, 0.1) is 6.92 Å². The number of nitrogens with one attached hydrogen (secondary N) is 1. The molecule has 0 radical (unpaired) electrons. The second-order valence-electron chi connectivity index (χ2n) is 6.31. The van der Waals surface area contributed by atoms with Gasteiger partial charge in [0, 0.05) is 37.2 Å². The van der Waals surface area contributed by atoms with Gasteiger partial charge in [-0.15, -0.1) is 0 Å². The van der Waals surface area contributed by atoms with Gasteiger partial charge in [0.25, 0.3) is 0 Å². The first-order valence-corrected chi connectivity index (χ1v) is 7.71. The van der Waals surface area contributed by atoms with Crippen LogP contribution >= 0.6 is 0 Å². The van der Waals surface area contributed by atoms with Gasteiger partial charge in [-0.2, -0.15) is 0 Å². The van der Waals surface area contributed by atoms with E-state index in [1.54, 1.807) is 6.92 Å². The number of hydrogen-bond acceptors (Lipinski definition) is 5. The van der Waals surface area contributed by atoms with Crippen molar-refractivity contribution in [2.24, 2.45) is 0 Å². The van der Waals surface area contributed by atoms with Crippen molar-refractivity contribution < 1.29 is 19.1 Å². The van der Waals surface area contributed by atoms with Gasteiger partial charge in [-0.3, -0.25) is 9.59 Å². The maximum absolute atomic E-state index is 12.3. The molecule has 120 valence electrons. The summed E-state index contributed by atoms with van der Waals surface area (Å²) in [6.07, 6.45) is 3.34. The van der Waals surface area contributed by atoms with Crippen LogP contribution in [0.5, 0.6) is 5.75 Å². The number of carbonyl (C=O) groups excluding carboxylic acids is 1. The molecule has 1 saturated heterocycles. The van der Waals surface area contributed by atoms with Crippen LogP contribution in [0.15, 0.2) is 15.3 Å². The fraction of sp³-hybridized carbons (Fsp3) is 0.625. The molecule has 1 aromatic rings. The molecule has 0 unspecified atom stereocenters. The van der Waals surface area contributed by atoms with Gasteiger partial charge in [0.15, 0.2) is 5.76 Å². The molecule has 1 aliphatic carbocycles. The quantitative estimate of drug-likeness (QED) is 0.877. The Hall–Kier alpha value is -1.82. The van der Waals surface area contributed by atoms with E-state index >= 15 is 0 Å². The molecule has 1 aromatic heterocycles. The number of aromatic hydroxyl groups is 1. The largest absolute Gasteiger partial charge is 0.502 e. The zero-order valence-electron chi connectivity index (χ0n) is 12.7. The van der Waals surface area contributed by atoms with Crippen molar-refractivity contribution in [3.8, 4) is 5.75 Å². The van der Waals surface area contributed by atoms with Gasteiger partial charge in [0.1, 0.15) is 5.76 Å². The third-order valence-electron chi connectivity index (χ3n) is 4.42. The Bertz CT molecular complexity index is 626. The standard InChI is InChI=1S/C16H21NO5/c1-10-8-12(18)14(20)15(22-10)16(4-6-21-7-5-16)9-13(19)17-11-2-3-11/h8,11,20H,2-7,9H2,1H3,(H,17,19). The number of carbonyl (C=O) groups is 1. The van der Waals surface area contributed by atoms with Gasteiger partial charge < -0.3 is 19.6 Å². The molecule has 2 aliphatic rings. The SMILES string of the molecule is Cc1cc(=O)c(O)c(C2(CC(=O)NC3CC3)CCOCC2)o1. The molecule has 6 heteroatoms. The molecule has 0 aromatic carbocycles. The van der Waals surface area contributed by atoms with Gasteiger partial charge in [-0.05, 0) is 32.6 Å². The minimum Gasteiger partial charge on any atom is -0.502 e. The lowest BCUT2D eigenvalue weighted by molar-refractivity contribution is -0.123. The Kier molecular flexibility index (Phi) is 3.95. The summed E-state index contributed by atoms with van der Waals surface area (Å²) in [5.74, 6) is 0.220. The maximum atomic E-state index is 12.3. The first-order valence-electron chi connectivity index (χ1n) is 7.71. The van der Waals surface area contributed by atoms with E-state index in [4.69, 9.17) is 9.15 Å². The van der Waals surface area contributed by atoms with E-state index < -0.39 is 10.8 Å². The van der Waals surface area contributed by atoms with Gasteiger partial charge in [0.05, 0.1) is 0 Å². The summed E-state index contributed by atoms with van der Waals surface area (Å²) in [6.45, 7) is 2.63. The Morgan fingerprint density at radius 3 is 2.73 bits per heavy atom. The molecule has 2 N–H and O–H groups in total. The molecule has 22 heavy (non-hydrogen) atoms. The third kappa shape index (κ3) is 3.02. The van der Waals surface area contributed by atoms with Crippen LogP contribution in [0.25, 0.3) is 0 Å². The number of amides is 1. The molecule has 1 amide bonds. The molecule has 1 saturated carbocycles. The van der Waals surface area contributed by atoms with Crippen molar-refractivity contribution >= 4 is 5.91 Å². The number of aryl methyl sites for hydroxylation is 1. The first kappa shape index (κ1) is 15.1. The first-order chi connectivity index (χ1) is 10.5. The van der Waals surface area contributed by atoms with E-state index in [0.29, 0.717) is 31.8 Å². The Labute approximate surface area is 128 Å². The van der Waals surface area contributed by atoms with E-state index in [0.717, 1.165) is 12.8 Å². The van der Waals surface area contributed by atoms with Gasteiger partial charge in [-0.25, -0.2) is 0 Å². The Morgan fingerprint density at radius 2 is 2.09 bits per heavy atom. The summed E-state index contributed by atoms with van der Waals surface area (Å²) in [5, 5.41) is 13.1. The highest BCUT2D eigenvalue weighted by Gasteiger charge is 2.42. The molecule has 0 spiro atoms. The average molecular weight is 307 g/mol. The minimum atomic E-state index is -0.674. The maximum Gasteiger partial charge on any atom is 0.227 e. The van der Waals surface area contributed by atoms with Gasteiger partial charge in [-0.1, -0.05) is 0 Å². The summed E-state index contributed by atoms with van der Waals surface area (Å²) in [5.41, 5.74) is -1.14. The second kappa shape index (κ2) is 5.76. The molecule has 3 rings (SSSR count). The Morgan fingerprint density at radius 1 is 1.41 bits per heavy atom. The smallest absolute Gasteiger partial charge is 0.227 e. The topological polar surface area (TPSA) is 88.8 Å². The third-order valence-corrected chi connectivity index (χ3v) is 4.42. The second-order valence-corrected chi connectivity index (χ2v) is 6.31. The molecule has 0 atom stereocenters. The lowest BCUT2D eigenvalue weighted by Crippen LogP contribution is -2.40. The molecule has 2 heterocycles. The molecule has 2 fully saturated rings. The fourth-order valence-electron chi connectivity index (χ4n) is 3.02. The molecule has 1 aliphatic heterocycles. The van der Waals surface area contributed by atoms with E-state index in [1.807, 2.05) is 0 Å². The van der Waals surface area contributed by atoms with E-state index in [2.05, 4.69) is 5.32 Å². The van der Waals surface area contributed by atoms with E-state index in [1.165, 1.54) is 6.07 Å². The van der Waals surface area contributed by atoms with Crippen molar-refractivity contribution in [1.82, 2.24) is 5.32 Å². The highest BCUT2D eigenvalue weighted by Crippen LogP contribution is 2.41. The van der Waals surface area contributed by atoms with Crippen molar-refractivity contribution in [2.75, 3.05) is 13.2 Å². The molecular weight excluding hydrogens is 286 g/mol. The lowest BCUT2D eigenvalue weighted by Gasteiger charge is -2.35. The summed E-state index contributed by atoms with van der Waals surface area (Å²) in [6, 6.07) is 1.54. The predicted octanol–water partition coefficient (Wildman–Crippen LogP) is 1.37. The van der Waals surface area contributed by atoms with Gasteiger partial charge >= 0.3 is 0 Å². The van der Waals surface area contributed by atoms with Crippen molar-refractivity contribution in [1.29, 1.82) is 0 Å². The van der Waals surface area contributed by atoms with Crippen molar-refractivity contribution in [3.63, 3.8) is 0 Å². The monoisotopic (exact) mass is 307 g/mol. The van der Waals surface area contributed by atoms with E-state index in [-0.39, 0.29) is 29.9 Å². The molecular formula is C16H21NO5. The van der Waals surface area contributed by atoms with Crippen LogP contribution in [0.3, 0.4) is 0 Å². The highest BCUT2D eigenvalue weighted by atomic mass is 16.5. The van der Waals surface area contributed by atoms with Crippen LogP contribution < -0.4 is 10.7 Å². The summed E-state index contributed by atoms with van der Waals surface area (Å²) in [7, 11) is 0. The van der Waals surface area contributed by atoms with Gasteiger partial charge in [0.2, 0.25) is 17.1 Å². The fourth-order valence-corrected chi connectivity index (χ4v) is 3.02. The molecule has 0 bridgehead atoms. The minimum absolute atomic E-state index is 0.0621. The van der Waals surface area contributed by atoms with Crippen LogP contribution in [0.1, 0.15) is 43.6 Å². The van der Waals surface area contributed by atoms with Crippen LogP contribution in [-0.4, -0.2) is 30.3 Å². The lowest BCUT2D eigenvalue weighted by atomic mass is 9.74. The summed E-state index contributed by atoms with van der Waals surface area (Å²) < 4.78 is 11.1. The van der Waals surface area contributed by atoms with Crippen LogP contribution in [0.4, 0.5) is 0 Å². The average Bonchev–Trinajstić information content (AvgIpc) is 3.27. The van der Waals surface area contributed by atoms with Crippen LogP contribution in [-0.2, 0) is 14.9 Å². The molecule has 6 nitrogen and oxygen atoms in total. The van der Waals surface area contributed by atoms with Crippen molar-refractivity contribution in [3.05, 3.63) is 27.8 Å². The summed E-state index contributed by atoms with van der Waals surface area (Å²) in [4.78, 5) is 24.1.